The Labute approximate surface area is 73.2 Å². The third kappa shape index (κ3) is 2.58. The van der Waals surface area contributed by atoms with Crippen LogP contribution in [0.2, 0.25) is 0 Å². The SMILES string of the molecule is O=C(O)Cc1nc[nH]c1CC(=O)O. The van der Waals surface area contributed by atoms with E-state index in [0.717, 1.165) is 0 Å². The Morgan fingerprint density at radius 2 is 1.92 bits per heavy atom. The van der Waals surface area contributed by atoms with Crippen molar-refractivity contribution >= 4 is 11.9 Å². The number of nitrogens with zero attached hydrogens (tertiary/aromatic N) is 1. The highest BCUT2D eigenvalue weighted by molar-refractivity contribution is 5.72. The van der Waals surface area contributed by atoms with Crippen LogP contribution < -0.4 is 0 Å². The predicted octanol–water partition coefficient (Wildman–Crippen LogP) is -0.336. The molecule has 0 amide bonds. The van der Waals surface area contributed by atoms with E-state index in [1.807, 2.05) is 0 Å². The lowest BCUT2D eigenvalue weighted by Crippen LogP contribution is -2.07. The molecule has 1 aromatic rings. The molecular formula is C7H8N2O4. The van der Waals surface area contributed by atoms with Gasteiger partial charge in [-0.05, 0) is 0 Å². The van der Waals surface area contributed by atoms with Gasteiger partial charge in [0.15, 0.2) is 0 Å². The van der Waals surface area contributed by atoms with Crippen molar-refractivity contribution in [3.63, 3.8) is 0 Å². The first-order valence-corrected chi connectivity index (χ1v) is 3.54. The van der Waals surface area contributed by atoms with Gasteiger partial charge in [-0.25, -0.2) is 4.98 Å². The average molecular weight is 184 g/mol. The number of hydrogen-bond donors (Lipinski definition) is 3. The molecule has 0 aliphatic rings. The minimum Gasteiger partial charge on any atom is -0.481 e. The number of aromatic nitrogens is 2. The Bertz CT molecular complexity index is 300. The molecule has 0 aromatic carbocycles. The summed E-state index contributed by atoms with van der Waals surface area (Å²) in [5.74, 6) is -2.05. The summed E-state index contributed by atoms with van der Waals surface area (Å²) in [6.45, 7) is 0. The second kappa shape index (κ2) is 3.70. The van der Waals surface area contributed by atoms with Crippen LogP contribution in [0.5, 0.6) is 0 Å². The highest BCUT2D eigenvalue weighted by Crippen LogP contribution is 2.04. The van der Waals surface area contributed by atoms with Gasteiger partial charge in [0.1, 0.15) is 0 Å². The Morgan fingerprint density at radius 1 is 1.31 bits per heavy atom. The number of H-pyrrole nitrogens is 1. The Kier molecular flexibility index (Phi) is 2.63. The molecule has 0 aliphatic carbocycles. The van der Waals surface area contributed by atoms with Crippen LogP contribution in [-0.2, 0) is 22.4 Å². The second-order valence-corrected chi connectivity index (χ2v) is 2.47. The molecule has 13 heavy (non-hydrogen) atoms. The number of hydrogen-bond acceptors (Lipinski definition) is 3. The molecule has 0 aliphatic heterocycles. The summed E-state index contributed by atoms with van der Waals surface area (Å²) >= 11 is 0. The Hall–Kier alpha value is -1.85. The molecule has 3 N–H and O–H groups in total. The number of aromatic amines is 1. The van der Waals surface area contributed by atoms with Gasteiger partial charge in [-0.2, -0.15) is 0 Å². The summed E-state index contributed by atoms with van der Waals surface area (Å²) in [6, 6.07) is 0. The number of nitrogens with one attached hydrogen (secondary N) is 1. The molecule has 0 fully saturated rings. The summed E-state index contributed by atoms with van der Waals surface area (Å²) < 4.78 is 0. The van der Waals surface area contributed by atoms with Gasteiger partial charge in [-0.3, -0.25) is 9.59 Å². The number of carboxylic acid groups (broad SMARTS) is 2. The minimum atomic E-state index is -1.03. The molecule has 1 heterocycles. The van der Waals surface area contributed by atoms with Gasteiger partial charge >= 0.3 is 11.9 Å². The molecule has 6 heteroatoms. The first-order valence-electron chi connectivity index (χ1n) is 3.54. The fourth-order valence-electron chi connectivity index (χ4n) is 0.949. The number of carboxylic acids is 2. The fraction of sp³-hybridized carbons (Fsp3) is 0.286. The zero-order valence-corrected chi connectivity index (χ0v) is 6.65. The maximum atomic E-state index is 10.3. The van der Waals surface area contributed by atoms with Crippen LogP contribution in [-0.4, -0.2) is 32.1 Å². The van der Waals surface area contributed by atoms with Gasteiger partial charge in [0.25, 0.3) is 0 Å². The van der Waals surface area contributed by atoms with Crippen molar-refractivity contribution in [2.75, 3.05) is 0 Å². The van der Waals surface area contributed by atoms with Crippen molar-refractivity contribution < 1.29 is 19.8 Å². The van der Waals surface area contributed by atoms with Crippen LogP contribution >= 0.6 is 0 Å². The first kappa shape index (κ1) is 9.24. The van der Waals surface area contributed by atoms with Crippen LogP contribution in [0.15, 0.2) is 6.33 Å². The minimum absolute atomic E-state index is 0.234. The monoisotopic (exact) mass is 184 g/mol. The van der Waals surface area contributed by atoms with E-state index in [-0.39, 0.29) is 18.5 Å². The topological polar surface area (TPSA) is 103 Å². The van der Waals surface area contributed by atoms with Gasteiger partial charge in [0.2, 0.25) is 0 Å². The third-order valence-corrected chi connectivity index (χ3v) is 1.45. The first-order chi connectivity index (χ1) is 6.09. The third-order valence-electron chi connectivity index (χ3n) is 1.45. The molecule has 0 saturated carbocycles. The van der Waals surface area contributed by atoms with Gasteiger partial charge in [-0.15, -0.1) is 0 Å². The largest absolute Gasteiger partial charge is 0.481 e. The van der Waals surface area contributed by atoms with Crippen molar-refractivity contribution in [2.45, 2.75) is 12.8 Å². The van der Waals surface area contributed by atoms with E-state index < -0.39 is 11.9 Å². The van der Waals surface area contributed by atoms with Gasteiger partial charge < -0.3 is 15.2 Å². The quantitative estimate of drug-likeness (QED) is 0.594. The molecule has 0 radical (unpaired) electrons. The highest BCUT2D eigenvalue weighted by atomic mass is 16.4. The van der Waals surface area contributed by atoms with Crippen molar-refractivity contribution in [1.29, 1.82) is 0 Å². The van der Waals surface area contributed by atoms with Gasteiger partial charge in [0.05, 0.1) is 24.9 Å². The summed E-state index contributed by atoms with van der Waals surface area (Å²) in [5, 5.41) is 16.9. The molecule has 6 nitrogen and oxygen atoms in total. The lowest BCUT2D eigenvalue weighted by molar-refractivity contribution is -0.137. The van der Waals surface area contributed by atoms with Crippen molar-refractivity contribution in [1.82, 2.24) is 9.97 Å². The van der Waals surface area contributed by atoms with E-state index in [0.29, 0.717) is 5.69 Å². The molecule has 1 aromatic heterocycles. The molecule has 0 spiro atoms. The Morgan fingerprint density at radius 3 is 2.46 bits per heavy atom. The van der Waals surface area contributed by atoms with Crippen LogP contribution in [0.4, 0.5) is 0 Å². The standard InChI is InChI=1S/C7H8N2O4/c10-6(11)1-4-5(2-7(12)13)9-3-8-4/h3H,1-2H2,(H,8,9)(H,10,11)(H,12,13). The maximum absolute atomic E-state index is 10.3. The zero-order chi connectivity index (χ0) is 9.84. The van der Waals surface area contributed by atoms with Crippen LogP contribution in [0.25, 0.3) is 0 Å². The van der Waals surface area contributed by atoms with E-state index in [9.17, 15) is 9.59 Å². The number of rotatable bonds is 4. The van der Waals surface area contributed by atoms with E-state index in [4.69, 9.17) is 10.2 Å². The average Bonchev–Trinajstić information content (AvgIpc) is 2.34. The molecular weight excluding hydrogens is 176 g/mol. The van der Waals surface area contributed by atoms with Crippen LogP contribution in [0, 0.1) is 0 Å². The van der Waals surface area contributed by atoms with E-state index >= 15 is 0 Å². The van der Waals surface area contributed by atoms with Crippen molar-refractivity contribution in [3.05, 3.63) is 17.7 Å². The second-order valence-electron chi connectivity index (χ2n) is 2.47. The van der Waals surface area contributed by atoms with Crippen LogP contribution in [0.1, 0.15) is 11.4 Å². The smallest absolute Gasteiger partial charge is 0.309 e. The highest BCUT2D eigenvalue weighted by Gasteiger charge is 2.11. The number of aliphatic carboxylic acids is 2. The van der Waals surface area contributed by atoms with Gasteiger partial charge in [-0.1, -0.05) is 0 Å². The van der Waals surface area contributed by atoms with Crippen molar-refractivity contribution in [3.8, 4) is 0 Å². The molecule has 0 unspecified atom stereocenters. The van der Waals surface area contributed by atoms with E-state index in [1.54, 1.807) is 0 Å². The number of imidazole rings is 1. The fourth-order valence-corrected chi connectivity index (χ4v) is 0.949. The lowest BCUT2D eigenvalue weighted by atomic mass is 10.2. The van der Waals surface area contributed by atoms with Crippen molar-refractivity contribution in [2.24, 2.45) is 0 Å². The maximum Gasteiger partial charge on any atom is 0.309 e. The Balaban J connectivity index is 2.76. The summed E-state index contributed by atoms with van der Waals surface area (Å²) in [6.07, 6.45) is 0.797. The lowest BCUT2D eigenvalue weighted by Gasteiger charge is -1.95. The molecule has 0 atom stereocenters. The normalized spacial score (nSPS) is 9.85. The zero-order valence-electron chi connectivity index (χ0n) is 6.65. The molecule has 0 bridgehead atoms. The van der Waals surface area contributed by atoms with Gasteiger partial charge in [0, 0.05) is 5.69 Å². The molecule has 0 saturated heterocycles. The predicted molar refractivity (Wildman–Crippen MR) is 41.3 cm³/mol. The number of carbonyl (C=O) groups is 2. The van der Waals surface area contributed by atoms with E-state index in [1.165, 1.54) is 6.33 Å². The van der Waals surface area contributed by atoms with E-state index in [2.05, 4.69) is 9.97 Å². The summed E-state index contributed by atoms with van der Waals surface area (Å²) in [7, 11) is 0. The summed E-state index contributed by atoms with van der Waals surface area (Å²) in [4.78, 5) is 26.9. The van der Waals surface area contributed by atoms with Crippen LogP contribution in [0.3, 0.4) is 0 Å². The summed E-state index contributed by atoms with van der Waals surface area (Å²) in [5.41, 5.74) is 0.616. The molecule has 1 rings (SSSR count). The molecule has 70 valence electrons.